The van der Waals surface area contributed by atoms with Gasteiger partial charge in [-0.25, -0.2) is 4.72 Å². The number of rotatable bonds is 7. The highest BCUT2D eigenvalue weighted by Gasteiger charge is 2.25. The van der Waals surface area contributed by atoms with Crippen LogP contribution in [-0.4, -0.2) is 44.2 Å². The minimum absolute atomic E-state index is 0.189. The zero-order valence-corrected chi connectivity index (χ0v) is 12.2. The van der Waals surface area contributed by atoms with E-state index in [1.54, 1.807) is 20.8 Å². The van der Waals surface area contributed by atoms with Gasteiger partial charge in [-0.1, -0.05) is 0 Å². The van der Waals surface area contributed by atoms with Crippen LogP contribution in [0.4, 0.5) is 0 Å². The molecule has 0 aromatic rings. The topological polar surface area (TPSA) is 122 Å². The van der Waals surface area contributed by atoms with Gasteiger partial charge >= 0.3 is 11.9 Å². The predicted octanol–water partition coefficient (Wildman–Crippen LogP) is -0.385. The lowest BCUT2D eigenvalue weighted by molar-refractivity contribution is -0.155. The number of nitrogens with one attached hydrogen (secondary N) is 2. The SMILES string of the molecule is CNS(=O)(=O)N[C@H](CCC(=O)OC(C)(C)C)C(=O)O. The van der Waals surface area contributed by atoms with Gasteiger partial charge in [0.15, 0.2) is 0 Å². The predicted molar refractivity (Wildman–Crippen MR) is 67.6 cm³/mol. The number of aliphatic carboxylic acids is 1. The van der Waals surface area contributed by atoms with Crippen LogP contribution in [0.15, 0.2) is 0 Å². The first kappa shape index (κ1) is 17.8. The van der Waals surface area contributed by atoms with Crippen LogP contribution in [0.3, 0.4) is 0 Å². The molecule has 0 fully saturated rings. The van der Waals surface area contributed by atoms with E-state index in [9.17, 15) is 18.0 Å². The Labute approximate surface area is 112 Å². The molecule has 112 valence electrons. The highest BCUT2D eigenvalue weighted by Crippen LogP contribution is 2.10. The van der Waals surface area contributed by atoms with Crippen molar-refractivity contribution in [3.8, 4) is 0 Å². The van der Waals surface area contributed by atoms with E-state index in [-0.39, 0.29) is 12.8 Å². The molecule has 0 aromatic carbocycles. The molecule has 0 heterocycles. The molecule has 0 aliphatic carbocycles. The average molecular weight is 296 g/mol. The largest absolute Gasteiger partial charge is 0.480 e. The van der Waals surface area contributed by atoms with Crippen LogP contribution in [0.5, 0.6) is 0 Å². The molecular weight excluding hydrogens is 276 g/mol. The van der Waals surface area contributed by atoms with Gasteiger partial charge in [-0.15, -0.1) is 0 Å². The fourth-order valence-corrected chi connectivity index (χ4v) is 1.84. The minimum atomic E-state index is -3.88. The summed E-state index contributed by atoms with van der Waals surface area (Å²) < 4.78 is 31.2. The van der Waals surface area contributed by atoms with Gasteiger partial charge in [-0.05, 0) is 27.2 Å². The number of carbonyl (C=O) groups excluding carboxylic acids is 1. The normalized spacial score (nSPS) is 13.9. The van der Waals surface area contributed by atoms with Gasteiger partial charge in [-0.2, -0.15) is 13.1 Å². The first-order valence-corrected chi connectivity index (χ1v) is 7.10. The Morgan fingerprint density at radius 3 is 2.21 bits per heavy atom. The van der Waals surface area contributed by atoms with Crippen molar-refractivity contribution in [3.63, 3.8) is 0 Å². The highest BCUT2D eigenvalue weighted by atomic mass is 32.2. The molecule has 1 atom stereocenters. The molecule has 0 bridgehead atoms. The molecule has 0 unspecified atom stereocenters. The van der Waals surface area contributed by atoms with E-state index in [2.05, 4.69) is 0 Å². The lowest BCUT2D eigenvalue weighted by Crippen LogP contribution is -2.45. The maximum absolute atomic E-state index is 11.4. The number of esters is 1. The summed E-state index contributed by atoms with van der Waals surface area (Å²) >= 11 is 0. The van der Waals surface area contributed by atoms with E-state index in [0.29, 0.717) is 0 Å². The molecule has 0 saturated heterocycles. The van der Waals surface area contributed by atoms with Crippen LogP contribution in [-0.2, 0) is 24.5 Å². The van der Waals surface area contributed by atoms with Gasteiger partial charge in [0.05, 0.1) is 0 Å². The van der Waals surface area contributed by atoms with Crippen molar-refractivity contribution in [2.45, 2.75) is 45.3 Å². The molecule has 8 nitrogen and oxygen atoms in total. The summed E-state index contributed by atoms with van der Waals surface area (Å²) in [6, 6.07) is -1.38. The van der Waals surface area contributed by atoms with E-state index in [0.717, 1.165) is 7.05 Å². The summed E-state index contributed by atoms with van der Waals surface area (Å²) in [6.07, 6.45) is -0.383. The lowest BCUT2D eigenvalue weighted by Gasteiger charge is -2.20. The molecular formula is C10H20N2O6S. The van der Waals surface area contributed by atoms with E-state index < -0.39 is 33.8 Å². The Kier molecular flexibility index (Phi) is 6.40. The Morgan fingerprint density at radius 1 is 1.32 bits per heavy atom. The number of hydrogen-bond donors (Lipinski definition) is 3. The molecule has 0 saturated carbocycles. The second-order valence-electron chi connectivity index (χ2n) is 4.84. The summed E-state index contributed by atoms with van der Waals surface area (Å²) in [5.74, 6) is -1.94. The van der Waals surface area contributed by atoms with Crippen LogP contribution in [0.2, 0.25) is 0 Å². The van der Waals surface area contributed by atoms with Gasteiger partial charge < -0.3 is 9.84 Å². The third-order valence-electron chi connectivity index (χ3n) is 1.92. The Hall–Kier alpha value is -1.19. The van der Waals surface area contributed by atoms with E-state index >= 15 is 0 Å². The van der Waals surface area contributed by atoms with Crippen LogP contribution in [0.1, 0.15) is 33.6 Å². The van der Waals surface area contributed by atoms with Gasteiger partial charge in [0, 0.05) is 13.5 Å². The molecule has 9 heteroatoms. The third-order valence-corrected chi connectivity index (χ3v) is 3.05. The summed E-state index contributed by atoms with van der Waals surface area (Å²) in [6.45, 7) is 5.05. The maximum atomic E-state index is 11.4. The number of ether oxygens (including phenoxy) is 1. The standard InChI is InChI=1S/C10H20N2O6S/c1-10(2,3)18-8(13)6-5-7(9(14)15)12-19(16,17)11-4/h7,11-12H,5-6H2,1-4H3,(H,14,15)/t7-/m1/s1. The van der Waals surface area contributed by atoms with E-state index in [4.69, 9.17) is 9.84 Å². The molecule has 0 aliphatic rings. The fraction of sp³-hybridized carbons (Fsp3) is 0.800. The monoisotopic (exact) mass is 296 g/mol. The Balaban J connectivity index is 4.47. The molecule has 0 aromatic heterocycles. The van der Waals surface area contributed by atoms with Crippen molar-refractivity contribution in [2.75, 3.05) is 7.05 Å². The molecule has 0 aliphatic heterocycles. The van der Waals surface area contributed by atoms with Crippen LogP contribution in [0.25, 0.3) is 0 Å². The van der Waals surface area contributed by atoms with Crippen molar-refractivity contribution >= 4 is 22.1 Å². The zero-order valence-electron chi connectivity index (χ0n) is 11.4. The second-order valence-corrected chi connectivity index (χ2v) is 6.49. The summed E-state index contributed by atoms with van der Waals surface area (Å²) in [5.41, 5.74) is -0.666. The van der Waals surface area contributed by atoms with Crippen LogP contribution in [0, 0.1) is 0 Å². The zero-order chi connectivity index (χ0) is 15.3. The third kappa shape index (κ3) is 8.51. The highest BCUT2D eigenvalue weighted by molar-refractivity contribution is 7.87. The first-order chi connectivity index (χ1) is 8.47. The summed E-state index contributed by atoms with van der Waals surface area (Å²) in [5, 5.41) is 8.87. The van der Waals surface area contributed by atoms with Gasteiger partial charge in [-0.3, -0.25) is 9.59 Å². The van der Waals surface area contributed by atoms with Crippen LogP contribution >= 0.6 is 0 Å². The van der Waals surface area contributed by atoms with Crippen molar-refractivity contribution in [1.82, 2.24) is 9.44 Å². The Morgan fingerprint density at radius 2 is 1.84 bits per heavy atom. The number of carbonyl (C=O) groups is 2. The van der Waals surface area contributed by atoms with Gasteiger partial charge in [0.2, 0.25) is 0 Å². The van der Waals surface area contributed by atoms with E-state index in [1.165, 1.54) is 0 Å². The average Bonchev–Trinajstić information content (AvgIpc) is 2.21. The number of carboxylic acid groups (broad SMARTS) is 1. The first-order valence-electron chi connectivity index (χ1n) is 5.62. The van der Waals surface area contributed by atoms with E-state index in [1.807, 2.05) is 9.44 Å². The summed E-state index contributed by atoms with van der Waals surface area (Å²) in [7, 11) is -2.73. The van der Waals surface area contributed by atoms with Crippen LogP contribution < -0.4 is 9.44 Å². The molecule has 0 radical (unpaired) electrons. The Bertz CT molecular complexity index is 426. The lowest BCUT2D eigenvalue weighted by atomic mass is 10.1. The minimum Gasteiger partial charge on any atom is -0.480 e. The molecule has 3 N–H and O–H groups in total. The van der Waals surface area contributed by atoms with Gasteiger partial charge in [0.25, 0.3) is 10.2 Å². The van der Waals surface area contributed by atoms with Crippen molar-refractivity contribution in [3.05, 3.63) is 0 Å². The quantitative estimate of drug-likeness (QED) is 0.550. The fourth-order valence-electron chi connectivity index (χ4n) is 1.13. The number of carboxylic acids is 1. The maximum Gasteiger partial charge on any atom is 0.321 e. The molecule has 19 heavy (non-hydrogen) atoms. The number of hydrogen-bond acceptors (Lipinski definition) is 5. The van der Waals surface area contributed by atoms with Crippen molar-refractivity contribution < 1.29 is 27.9 Å². The van der Waals surface area contributed by atoms with Crippen molar-refractivity contribution in [1.29, 1.82) is 0 Å². The molecule has 0 spiro atoms. The van der Waals surface area contributed by atoms with Gasteiger partial charge in [0.1, 0.15) is 11.6 Å². The molecule has 0 amide bonds. The second kappa shape index (κ2) is 6.83. The smallest absolute Gasteiger partial charge is 0.321 e. The molecule has 0 rings (SSSR count). The summed E-state index contributed by atoms with van der Waals surface area (Å²) in [4.78, 5) is 22.3. The van der Waals surface area contributed by atoms with Crippen molar-refractivity contribution in [2.24, 2.45) is 0 Å².